The minimum atomic E-state index is 0.638. The summed E-state index contributed by atoms with van der Waals surface area (Å²) in [5.41, 5.74) is 1.43. The molecule has 1 atom stereocenters. The largest absolute Gasteiger partial charge is 0.314 e. The minimum absolute atomic E-state index is 0.638. The first-order valence-corrected chi connectivity index (χ1v) is 7.40. The Morgan fingerprint density at radius 2 is 1.82 bits per heavy atom. The van der Waals surface area contributed by atoms with E-state index in [1.807, 2.05) is 0 Å². The van der Waals surface area contributed by atoms with Gasteiger partial charge in [0.05, 0.1) is 0 Å². The van der Waals surface area contributed by atoms with Crippen LogP contribution < -0.4 is 5.32 Å². The Morgan fingerprint density at radius 1 is 1.18 bits per heavy atom. The van der Waals surface area contributed by atoms with Crippen molar-refractivity contribution in [1.82, 2.24) is 5.32 Å². The molecule has 0 heterocycles. The van der Waals surface area contributed by atoms with Crippen LogP contribution in [-0.2, 0) is 6.42 Å². The van der Waals surface area contributed by atoms with Crippen molar-refractivity contribution in [1.29, 1.82) is 0 Å². The van der Waals surface area contributed by atoms with Gasteiger partial charge in [0.25, 0.3) is 0 Å². The maximum atomic E-state index is 3.64. The smallest absolute Gasteiger partial charge is 0.0175 e. The Hall–Kier alpha value is -0.340. The van der Waals surface area contributed by atoms with Gasteiger partial charge < -0.3 is 5.32 Å². The van der Waals surface area contributed by atoms with Crippen LogP contribution in [0.5, 0.6) is 0 Å². The number of benzene rings is 1. The van der Waals surface area contributed by atoms with Crippen molar-refractivity contribution in [2.75, 3.05) is 6.54 Å². The molecular formula is C15H24BrN. The molecule has 96 valence electrons. The highest BCUT2D eigenvalue weighted by molar-refractivity contribution is 9.10. The molecule has 0 fully saturated rings. The third kappa shape index (κ3) is 5.69. The molecule has 17 heavy (non-hydrogen) atoms. The highest BCUT2D eigenvalue weighted by atomic mass is 79.9. The lowest BCUT2D eigenvalue weighted by atomic mass is 9.96. The first-order chi connectivity index (χ1) is 8.13. The van der Waals surface area contributed by atoms with Gasteiger partial charge in [-0.05, 0) is 49.4 Å². The summed E-state index contributed by atoms with van der Waals surface area (Å²) in [6, 6.07) is 9.31. The molecule has 1 N–H and O–H groups in total. The topological polar surface area (TPSA) is 12.0 Å². The van der Waals surface area contributed by atoms with E-state index in [0.29, 0.717) is 12.0 Å². The van der Waals surface area contributed by atoms with E-state index >= 15 is 0 Å². The molecule has 1 aromatic rings. The monoisotopic (exact) mass is 297 g/mol. The number of aryl methyl sites for hydroxylation is 1. The molecule has 0 spiro atoms. The quantitative estimate of drug-likeness (QED) is 0.786. The van der Waals surface area contributed by atoms with E-state index in [2.05, 4.69) is 66.3 Å². The summed E-state index contributed by atoms with van der Waals surface area (Å²) >= 11 is 3.47. The van der Waals surface area contributed by atoms with E-state index in [1.54, 1.807) is 0 Å². The second-order valence-corrected chi connectivity index (χ2v) is 5.89. The number of halogens is 1. The van der Waals surface area contributed by atoms with Crippen molar-refractivity contribution in [3.8, 4) is 0 Å². The first kappa shape index (κ1) is 14.7. The van der Waals surface area contributed by atoms with E-state index < -0.39 is 0 Å². The third-order valence-electron chi connectivity index (χ3n) is 3.12. The highest BCUT2D eigenvalue weighted by Crippen LogP contribution is 2.14. The second-order valence-electron chi connectivity index (χ2n) is 4.97. The zero-order chi connectivity index (χ0) is 12.7. The normalized spacial score (nSPS) is 13.0. The summed E-state index contributed by atoms with van der Waals surface area (Å²) in [5, 5.41) is 3.64. The molecule has 1 aromatic carbocycles. The highest BCUT2D eigenvalue weighted by Gasteiger charge is 2.11. The average molecular weight is 298 g/mol. The summed E-state index contributed by atoms with van der Waals surface area (Å²) in [4.78, 5) is 0. The Labute approximate surface area is 114 Å². The van der Waals surface area contributed by atoms with Crippen molar-refractivity contribution >= 4 is 15.9 Å². The summed E-state index contributed by atoms with van der Waals surface area (Å²) in [7, 11) is 0. The van der Waals surface area contributed by atoms with Gasteiger partial charge in [0.1, 0.15) is 0 Å². The number of nitrogens with one attached hydrogen (secondary N) is 1. The van der Waals surface area contributed by atoms with Crippen LogP contribution >= 0.6 is 15.9 Å². The molecule has 1 unspecified atom stereocenters. The molecule has 2 heteroatoms. The first-order valence-electron chi connectivity index (χ1n) is 6.61. The van der Waals surface area contributed by atoms with Gasteiger partial charge in [-0.15, -0.1) is 0 Å². The van der Waals surface area contributed by atoms with E-state index in [9.17, 15) is 0 Å². The Morgan fingerprint density at radius 3 is 2.35 bits per heavy atom. The van der Waals surface area contributed by atoms with Gasteiger partial charge in [-0.3, -0.25) is 0 Å². The number of hydrogen-bond acceptors (Lipinski definition) is 1. The molecule has 0 saturated heterocycles. The van der Waals surface area contributed by atoms with Gasteiger partial charge in [-0.1, -0.05) is 48.8 Å². The molecule has 0 amide bonds. The zero-order valence-corrected chi connectivity index (χ0v) is 12.8. The van der Waals surface area contributed by atoms with E-state index in [4.69, 9.17) is 0 Å². The summed E-state index contributed by atoms with van der Waals surface area (Å²) in [6.45, 7) is 7.95. The molecule has 0 aliphatic rings. The van der Waals surface area contributed by atoms with Gasteiger partial charge >= 0.3 is 0 Å². The molecule has 1 nitrogen and oxygen atoms in total. The predicted molar refractivity (Wildman–Crippen MR) is 79.4 cm³/mol. The fraction of sp³-hybridized carbons (Fsp3) is 0.600. The second kappa shape index (κ2) is 7.88. The van der Waals surface area contributed by atoms with Gasteiger partial charge in [0.2, 0.25) is 0 Å². The molecule has 0 aliphatic carbocycles. The van der Waals surface area contributed by atoms with Gasteiger partial charge in [0.15, 0.2) is 0 Å². The van der Waals surface area contributed by atoms with Crippen molar-refractivity contribution < 1.29 is 0 Å². The lowest BCUT2D eigenvalue weighted by Gasteiger charge is -2.22. The fourth-order valence-corrected chi connectivity index (χ4v) is 2.24. The van der Waals surface area contributed by atoms with Crippen LogP contribution in [0.2, 0.25) is 0 Å². The minimum Gasteiger partial charge on any atom is -0.314 e. The summed E-state index contributed by atoms with van der Waals surface area (Å²) in [6.07, 6.45) is 3.59. The van der Waals surface area contributed by atoms with E-state index in [-0.39, 0.29) is 0 Å². The number of rotatable bonds is 7. The van der Waals surface area contributed by atoms with Gasteiger partial charge in [0, 0.05) is 10.5 Å². The van der Waals surface area contributed by atoms with Crippen molar-refractivity contribution in [2.45, 2.75) is 46.1 Å². The third-order valence-corrected chi connectivity index (χ3v) is 3.65. The predicted octanol–water partition coefficient (Wildman–Crippen LogP) is 4.41. The fourth-order valence-electron chi connectivity index (χ4n) is 1.97. The molecular weight excluding hydrogens is 274 g/mol. The molecule has 0 radical (unpaired) electrons. The van der Waals surface area contributed by atoms with Crippen LogP contribution in [0.4, 0.5) is 0 Å². The maximum absolute atomic E-state index is 3.64. The zero-order valence-electron chi connectivity index (χ0n) is 11.2. The van der Waals surface area contributed by atoms with Crippen LogP contribution in [0.1, 0.15) is 39.2 Å². The van der Waals surface area contributed by atoms with Crippen molar-refractivity contribution in [2.24, 2.45) is 5.92 Å². The van der Waals surface area contributed by atoms with Crippen LogP contribution in [0.15, 0.2) is 28.7 Å². The Bertz CT molecular complexity index is 305. The SMILES string of the molecule is CCCNC(CCc1ccc(Br)cc1)C(C)C. The lowest BCUT2D eigenvalue weighted by Crippen LogP contribution is -2.34. The molecule has 0 saturated carbocycles. The molecule has 0 bridgehead atoms. The maximum Gasteiger partial charge on any atom is 0.0175 e. The van der Waals surface area contributed by atoms with Crippen molar-refractivity contribution in [3.63, 3.8) is 0 Å². The lowest BCUT2D eigenvalue weighted by molar-refractivity contribution is 0.378. The average Bonchev–Trinajstić information content (AvgIpc) is 2.31. The summed E-state index contributed by atoms with van der Waals surface area (Å²) < 4.78 is 1.16. The number of hydrogen-bond donors (Lipinski definition) is 1. The Balaban J connectivity index is 2.43. The van der Waals surface area contributed by atoms with Crippen LogP contribution in [0, 0.1) is 5.92 Å². The van der Waals surface area contributed by atoms with Crippen molar-refractivity contribution in [3.05, 3.63) is 34.3 Å². The van der Waals surface area contributed by atoms with E-state index in [0.717, 1.165) is 17.4 Å². The molecule has 0 aromatic heterocycles. The van der Waals surface area contributed by atoms with Gasteiger partial charge in [-0.25, -0.2) is 0 Å². The Kier molecular flexibility index (Phi) is 6.83. The van der Waals surface area contributed by atoms with Crippen LogP contribution in [0.3, 0.4) is 0 Å². The van der Waals surface area contributed by atoms with Gasteiger partial charge in [-0.2, -0.15) is 0 Å². The van der Waals surface area contributed by atoms with E-state index in [1.165, 1.54) is 18.4 Å². The van der Waals surface area contributed by atoms with Crippen LogP contribution in [-0.4, -0.2) is 12.6 Å². The summed E-state index contributed by atoms with van der Waals surface area (Å²) in [5.74, 6) is 0.706. The molecule has 1 rings (SSSR count). The standard InChI is InChI=1S/C15H24BrN/c1-4-11-17-15(12(2)3)10-7-13-5-8-14(16)9-6-13/h5-6,8-9,12,15,17H,4,7,10-11H2,1-3H3. The van der Waals surface area contributed by atoms with Crippen LogP contribution in [0.25, 0.3) is 0 Å². The molecule has 0 aliphatic heterocycles.